The van der Waals surface area contributed by atoms with Gasteiger partial charge in [-0.2, -0.15) is 0 Å². The molecule has 1 N–H and O–H groups in total. The SMILES string of the molecule is Cc1ccc(NC(=O)c2c(C)n(Cc3ccccc3)c(C)cc2=O)cc1. The van der Waals surface area contributed by atoms with Crippen LogP contribution in [0.2, 0.25) is 0 Å². The van der Waals surface area contributed by atoms with Crippen LogP contribution in [-0.4, -0.2) is 10.5 Å². The van der Waals surface area contributed by atoms with E-state index in [0.717, 1.165) is 16.8 Å². The molecule has 0 radical (unpaired) electrons. The van der Waals surface area contributed by atoms with Crippen molar-refractivity contribution in [3.05, 3.63) is 99.0 Å². The number of nitrogens with one attached hydrogen (secondary N) is 1. The maximum atomic E-state index is 12.7. The fourth-order valence-electron chi connectivity index (χ4n) is 3.03. The van der Waals surface area contributed by atoms with Gasteiger partial charge in [0.1, 0.15) is 5.56 Å². The highest BCUT2D eigenvalue weighted by atomic mass is 16.2. The molecule has 1 aromatic heterocycles. The molecule has 0 saturated heterocycles. The van der Waals surface area contributed by atoms with Crippen LogP contribution in [0.5, 0.6) is 0 Å². The third-order valence-corrected chi connectivity index (χ3v) is 4.50. The van der Waals surface area contributed by atoms with Gasteiger partial charge in [-0.05, 0) is 38.5 Å². The van der Waals surface area contributed by atoms with E-state index in [1.165, 1.54) is 6.07 Å². The van der Waals surface area contributed by atoms with Gasteiger partial charge in [0.05, 0.1) is 0 Å². The molecule has 0 saturated carbocycles. The van der Waals surface area contributed by atoms with Gasteiger partial charge in [-0.3, -0.25) is 9.59 Å². The van der Waals surface area contributed by atoms with E-state index in [4.69, 9.17) is 0 Å². The van der Waals surface area contributed by atoms with E-state index >= 15 is 0 Å². The summed E-state index contributed by atoms with van der Waals surface area (Å²) in [6.45, 7) is 6.31. The number of rotatable bonds is 4. The molecule has 132 valence electrons. The average Bonchev–Trinajstić information content (AvgIpc) is 2.61. The van der Waals surface area contributed by atoms with Crippen molar-refractivity contribution < 1.29 is 4.79 Å². The number of amides is 1. The molecule has 1 amide bonds. The van der Waals surface area contributed by atoms with Crippen molar-refractivity contribution >= 4 is 11.6 Å². The minimum atomic E-state index is -0.377. The quantitative estimate of drug-likeness (QED) is 0.774. The predicted molar refractivity (Wildman–Crippen MR) is 105 cm³/mol. The first-order valence-corrected chi connectivity index (χ1v) is 8.58. The van der Waals surface area contributed by atoms with E-state index in [1.807, 2.05) is 79.9 Å². The lowest BCUT2D eigenvalue weighted by Gasteiger charge is -2.17. The molecule has 4 heteroatoms. The van der Waals surface area contributed by atoms with E-state index < -0.39 is 0 Å². The number of nitrogens with zero attached hydrogens (tertiary/aromatic N) is 1. The zero-order chi connectivity index (χ0) is 18.7. The Kier molecular flexibility index (Phi) is 5.03. The van der Waals surface area contributed by atoms with Crippen molar-refractivity contribution in [2.45, 2.75) is 27.3 Å². The fraction of sp³-hybridized carbons (Fsp3) is 0.182. The molecule has 4 nitrogen and oxygen atoms in total. The van der Waals surface area contributed by atoms with Crippen LogP contribution in [0.3, 0.4) is 0 Å². The highest BCUT2D eigenvalue weighted by Crippen LogP contribution is 2.14. The van der Waals surface area contributed by atoms with Gasteiger partial charge in [0, 0.05) is 29.7 Å². The third kappa shape index (κ3) is 3.75. The van der Waals surface area contributed by atoms with E-state index in [2.05, 4.69) is 5.32 Å². The number of pyridine rings is 1. The van der Waals surface area contributed by atoms with Crippen LogP contribution in [0.15, 0.2) is 65.5 Å². The van der Waals surface area contributed by atoms with Gasteiger partial charge in [-0.15, -0.1) is 0 Å². The van der Waals surface area contributed by atoms with Crippen molar-refractivity contribution in [1.82, 2.24) is 4.57 Å². The molecular weight excluding hydrogens is 324 g/mol. The zero-order valence-corrected chi connectivity index (χ0v) is 15.2. The monoisotopic (exact) mass is 346 g/mol. The van der Waals surface area contributed by atoms with Crippen LogP contribution in [0.25, 0.3) is 0 Å². The summed E-state index contributed by atoms with van der Waals surface area (Å²) in [4.78, 5) is 25.2. The summed E-state index contributed by atoms with van der Waals surface area (Å²) >= 11 is 0. The Morgan fingerprint density at radius 2 is 1.62 bits per heavy atom. The Morgan fingerprint density at radius 1 is 0.962 bits per heavy atom. The van der Waals surface area contributed by atoms with Gasteiger partial charge in [0.2, 0.25) is 0 Å². The largest absolute Gasteiger partial charge is 0.344 e. The molecule has 2 aromatic carbocycles. The maximum Gasteiger partial charge on any atom is 0.261 e. The second-order valence-electron chi connectivity index (χ2n) is 6.50. The van der Waals surface area contributed by atoms with Gasteiger partial charge >= 0.3 is 0 Å². The van der Waals surface area contributed by atoms with Gasteiger partial charge < -0.3 is 9.88 Å². The average molecular weight is 346 g/mol. The number of aryl methyl sites for hydroxylation is 2. The van der Waals surface area contributed by atoms with Crippen molar-refractivity contribution in [3.63, 3.8) is 0 Å². The molecular formula is C22H22N2O2. The van der Waals surface area contributed by atoms with Crippen molar-refractivity contribution in [1.29, 1.82) is 0 Å². The smallest absolute Gasteiger partial charge is 0.261 e. The van der Waals surface area contributed by atoms with Crippen LogP contribution in [0.4, 0.5) is 5.69 Å². The van der Waals surface area contributed by atoms with Crippen molar-refractivity contribution in [3.8, 4) is 0 Å². The van der Waals surface area contributed by atoms with Crippen molar-refractivity contribution in [2.75, 3.05) is 5.32 Å². The summed E-state index contributed by atoms with van der Waals surface area (Å²) < 4.78 is 2.00. The fourth-order valence-corrected chi connectivity index (χ4v) is 3.03. The van der Waals surface area contributed by atoms with E-state index in [1.54, 1.807) is 0 Å². The summed E-state index contributed by atoms with van der Waals surface area (Å²) in [5.41, 5.74) is 4.34. The summed E-state index contributed by atoms with van der Waals surface area (Å²) in [7, 11) is 0. The number of hydrogen-bond donors (Lipinski definition) is 1. The second-order valence-corrected chi connectivity index (χ2v) is 6.50. The molecule has 0 aliphatic carbocycles. The first-order valence-electron chi connectivity index (χ1n) is 8.58. The molecule has 1 heterocycles. The standard InChI is InChI=1S/C22H22N2O2/c1-15-9-11-19(12-10-15)23-22(26)21-17(3)24(16(2)13-20(21)25)14-18-7-5-4-6-8-18/h4-13H,14H2,1-3H3,(H,23,26). The van der Waals surface area contributed by atoms with E-state index in [-0.39, 0.29) is 16.9 Å². The molecule has 26 heavy (non-hydrogen) atoms. The molecule has 0 bridgehead atoms. The zero-order valence-electron chi connectivity index (χ0n) is 15.2. The first kappa shape index (κ1) is 17.7. The molecule has 0 unspecified atom stereocenters. The van der Waals surface area contributed by atoms with E-state index in [0.29, 0.717) is 17.9 Å². The number of carbonyl (C=O) groups is 1. The normalized spacial score (nSPS) is 10.6. The molecule has 0 atom stereocenters. The van der Waals surface area contributed by atoms with E-state index in [9.17, 15) is 9.59 Å². The van der Waals surface area contributed by atoms with Crippen LogP contribution in [-0.2, 0) is 6.54 Å². The topological polar surface area (TPSA) is 51.1 Å². The number of anilines is 1. The van der Waals surface area contributed by atoms with Crippen LogP contribution < -0.4 is 10.7 Å². The number of carbonyl (C=O) groups excluding carboxylic acids is 1. The lowest BCUT2D eigenvalue weighted by molar-refractivity contribution is 0.102. The Bertz CT molecular complexity index is 987. The van der Waals surface area contributed by atoms with Crippen LogP contribution >= 0.6 is 0 Å². The lowest BCUT2D eigenvalue weighted by Crippen LogP contribution is -2.27. The maximum absolute atomic E-state index is 12.7. The Labute approximate surface area is 153 Å². The summed E-state index contributed by atoms with van der Waals surface area (Å²) in [5, 5.41) is 2.83. The summed E-state index contributed by atoms with van der Waals surface area (Å²) in [6.07, 6.45) is 0. The third-order valence-electron chi connectivity index (χ3n) is 4.50. The van der Waals surface area contributed by atoms with Gasteiger partial charge in [0.25, 0.3) is 5.91 Å². The molecule has 0 aliphatic rings. The van der Waals surface area contributed by atoms with Gasteiger partial charge in [-0.25, -0.2) is 0 Å². The molecule has 0 fully saturated rings. The minimum Gasteiger partial charge on any atom is -0.344 e. The molecule has 0 spiro atoms. The predicted octanol–water partition coefficient (Wildman–Crippen LogP) is 4.07. The number of benzene rings is 2. The molecule has 3 aromatic rings. The lowest BCUT2D eigenvalue weighted by atomic mass is 10.1. The van der Waals surface area contributed by atoms with Gasteiger partial charge in [-0.1, -0.05) is 48.0 Å². The second kappa shape index (κ2) is 7.40. The Balaban J connectivity index is 1.96. The number of aromatic nitrogens is 1. The Hall–Kier alpha value is -3.14. The minimum absolute atomic E-state index is 0.187. The highest BCUT2D eigenvalue weighted by molar-refractivity contribution is 6.04. The summed E-state index contributed by atoms with van der Waals surface area (Å²) in [6, 6.07) is 19.0. The summed E-state index contributed by atoms with van der Waals surface area (Å²) in [5.74, 6) is -0.377. The van der Waals surface area contributed by atoms with Crippen molar-refractivity contribution in [2.24, 2.45) is 0 Å². The van der Waals surface area contributed by atoms with Crippen LogP contribution in [0, 0.1) is 20.8 Å². The van der Waals surface area contributed by atoms with Gasteiger partial charge in [0.15, 0.2) is 5.43 Å². The Morgan fingerprint density at radius 3 is 2.27 bits per heavy atom. The van der Waals surface area contributed by atoms with Crippen LogP contribution in [0.1, 0.15) is 32.9 Å². The number of hydrogen-bond acceptors (Lipinski definition) is 2. The highest BCUT2D eigenvalue weighted by Gasteiger charge is 2.17. The molecule has 0 aliphatic heterocycles. The first-order chi connectivity index (χ1) is 12.5. The molecule has 3 rings (SSSR count).